The average Bonchev–Trinajstić information content (AvgIpc) is 3.31. The van der Waals surface area contributed by atoms with Crippen LogP contribution in [0.2, 0.25) is 0 Å². The van der Waals surface area contributed by atoms with Gasteiger partial charge in [0, 0.05) is 26.3 Å². The second-order valence-corrected chi connectivity index (χ2v) is 5.99. The van der Waals surface area contributed by atoms with E-state index in [2.05, 4.69) is 11.1 Å². The first-order chi connectivity index (χ1) is 11.6. The summed E-state index contributed by atoms with van der Waals surface area (Å²) in [6.45, 7) is 0.502. The molecular formula is C18H17N3O3. The first-order valence-corrected chi connectivity index (χ1v) is 7.68. The van der Waals surface area contributed by atoms with Gasteiger partial charge in [-0.1, -0.05) is 6.07 Å². The second kappa shape index (κ2) is 5.56. The molecule has 0 saturated heterocycles. The quantitative estimate of drug-likeness (QED) is 0.741. The molecule has 0 N–H and O–H groups in total. The highest BCUT2D eigenvalue weighted by Gasteiger charge is 2.38. The van der Waals surface area contributed by atoms with Crippen LogP contribution < -0.4 is 4.90 Å². The molecule has 24 heavy (non-hydrogen) atoms. The number of benzene rings is 1. The molecule has 0 fully saturated rings. The van der Waals surface area contributed by atoms with E-state index in [4.69, 9.17) is 8.83 Å². The molecule has 0 spiro atoms. The molecule has 0 aliphatic carbocycles. The monoisotopic (exact) mass is 323 g/mol. The lowest BCUT2D eigenvalue weighted by atomic mass is 10.0. The predicted molar refractivity (Wildman–Crippen MR) is 87.7 cm³/mol. The molecule has 3 heterocycles. The first-order valence-electron chi connectivity index (χ1n) is 7.68. The van der Waals surface area contributed by atoms with Crippen molar-refractivity contribution in [3.8, 4) is 0 Å². The molecule has 1 amide bonds. The zero-order valence-electron chi connectivity index (χ0n) is 13.5. The predicted octanol–water partition coefficient (Wildman–Crippen LogP) is 3.08. The number of hydrogen-bond donors (Lipinski definition) is 0. The standard InChI is InChI=1S/C18H17N3O3/c1-20(2)13-5-6-14-12(8-13)10-21(17(14)16-9-19-11-24-16)18(22)15-4-3-7-23-15/h3-9,11,17H,10H2,1-2H3/t17-/m0/s1. The van der Waals surface area contributed by atoms with Crippen molar-refractivity contribution in [1.82, 2.24) is 9.88 Å². The van der Waals surface area contributed by atoms with Gasteiger partial charge >= 0.3 is 0 Å². The Bertz CT molecular complexity index is 854. The summed E-state index contributed by atoms with van der Waals surface area (Å²) in [5.74, 6) is 0.801. The molecule has 1 atom stereocenters. The number of nitrogens with zero attached hydrogens (tertiary/aromatic N) is 3. The van der Waals surface area contributed by atoms with Gasteiger partial charge in [-0.25, -0.2) is 4.98 Å². The Morgan fingerprint density at radius 2 is 2.17 bits per heavy atom. The third-order valence-electron chi connectivity index (χ3n) is 4.30. The topological polar surface area (TPSA) is 62.7 Å². The van der Waals surface area contributed by atoms with Crippen molar-refractivity contribution in [3.63, 3.8) is 0 Å². The maximum atomic E-state index is 12.9. The van der Waals surface area contributed by atoms with Crippen LogP contribution in [0.1, 0.15) is 33.5 Å². The van der Waals surface area contributed by atoms with Crippen molar-refractivity contribution >= 4 is 11.6 Å². The van der Waals surface area contributed by atoms with Gasteiger partial charge < -0.3 is 18.6 Å². The van der Waals surface area contributed by atoms with E-state index < -0.39 is 0 Å². The van der Waals surface area contributed by atoms with Crippen molar-refractivity contribution in [2.24, 2.45) is 0 Å². The summed E-state index contributed by atoms with van der Waals surface area (Å²) in [6.07, 6.45) is 4.54. The second-order valence-electron chi connectivity index (χ2n) is 5.99. The fourth-order valence-electron chi connectivity index (χ4n) is 3.12. The number of hydrogen-bond acceptors (Lipinski definition) is 5. The smallest absolute Gasteiger partial charge is 0.290 e. The minimum Gasteiger partial charge on any atom is -0.459 e. The number of anilines is 1. The number of carbonyl (C=O) groups excluding carboxylic acids is 1. The molecule has 3 aromatic rings. The van der Waals surface area contributed by atoms with Crippen LogP contribution in [-0.2, 0) is 6.54 Å². The van der Waals surface area contributed by atoms with Crippen molar-refractivity contribution in [1.29, 1.82) is 0 Å². The van der Waals surface area contributed by atoms with Gasteiger partial charge in [0.2, 0.25) is 0 Å². The zero-order chi connectivity index (χ0) is 16.7. The van der Waals surface area contributed by atoms with Crippen molar-refractivity contribution < 1.29 is 13.6 Å². The van der Waals surface area contributed by atoms with Gasteiger partial charge in [-0.3, -0.25) is 4.79 Å². The third kappa shape index (κ3) is 2.27. The van der Waals surface area contributed by atoms with Crippen LogP contribution >= 0.6 is 0 Å². The molecule has 1 aliphatic heterocycles. The van der Waals surface area contributed by atoms with E-state index in [1.807, 2.05) is 31.1 Å². The first kappa shape index (κ1) is 14.6. The van der Waals surface area contributed by atoms with E-state index in [9.17, 15) is 4.79 Å². The van der Waals surface area contributed by atoms with Crippen molar-refractivity contribution in [2.75, 3.05) is 19.0 Å². The van der Waals surface area contributed by atoms with Crippen LogP contribution in [0.25, 0.3) is 0 Å². The molecule has 1 aliphatic rings. The van der Waals surface area contributed by atoms with Gasteiger partial charge in [0.25, 0.3) is 5.91 Å². The van der Waals surface area contributed by atoms with E-state index in [0.717, 1.165) is 16.8 Å². The molecule has 0 radical (unpaired) electrons. The molecule has 122 valence electrons. The fraction of sp³-hybridized carbons (Fsp3) is 0.222. The molecule has 0 unspecified atom stereocenters. The summed E-state index contributed by atoms with van der Waals surface area (Å²) in [4.78, 5) is 20.7. The van der Waals surface area contributed by atoms with Crippen LogP contribution in [0.3, 0.4) is 0 Å². The summed E-state index contributed by atoms with van der Waals surface area (Å²) >= 11 is 0. The lowest BCUT2D eigenvalue weighted by molar-refractivity contribution is 0.0671. The molecular weight excluding hydrogens is 306 g/mol. The van der Waals surface area contributed by atoms with Gasteiger partial charge in [-0.2, -0.15) is 0 Å². The van der Waals surface area contributed by atoms with Crippen LogP contribution in [0.4, 0.5) is 5.69 Å². The van der Waals surface area contributed by atoms with Crippen LogP contribution in [0.5, 0.6) is 0 Å². The van der Waals surface area contributed by atoms with Gasteiger partial charge in [0.1, 0.15) is 6.04 Å². The molecule has 6 heteroatoms. The third-order valence-corrected chi connectivity index (χ3v) is 4.30. The average molecular weight is 323 g/mol. The summed E-state index contributed by atoms with van der Waals surface area (Å²) in [7, 11) is 3.99. The highest BCUT2D eigenvalue weighted by atomic mass is 16.3. The minimum atomic E-state index is -0.295. The van der Waals surface area contributed by atoms with Crippen molar-refractivity contribution in [3.05, 3.63) is 71.8 Å². The SMILES string of the molecule is CN(C)c1ccc2c(c1)CN(C(=O)c1ccco1)[C@@H]2c1cnco1. The number of amides is 1. The zero-order valence-corrected chi connectivity index (χ0v) is 13.5. The highest BCUT2D eigenvalue weighted by molar-refractivity contribution is 5.92. The summed E-state index contributed by atoms with van der Waals surface area (Å²) in [5.41, 5.74) is 3.25. The molecule has 2 aromatic heterocycles. The van der Waals surface area contributed by atoms with Gasteiger partial charge in [0.05, 0.1) is 12.5 Å². The molecule has 6 nitrogen and oxygen atoms in total. The Balaban J connectivity index is 1.78. The number of furan rings is 1. The van der Waals surface area contributed by atoms with Crippen molar-refractivity contribution in [2.45, 2.75) is 12.6 Å². The number of oxazole rings is 1. The Kier molecular flexibility index (Phi) is 3.37. The van der Waals surface area contributed by atoms with Crippen LogP contribution in [0.15, 0.2) is 58.0 Å². The van der Waals surface area contributed by atoms with Crippen LogP contribution in [-0.4, -0.2) is 29.9 Å². The Morgan fingerprint density at radius 3 is 2.83 bits per heavy atom. The minimum absolute atomic E-state index is 0.163. The Labute approximate surface area is 139 Å². The van der Waals surface area contributed by atoms with Gasteiger partial charge in [-0.15, -0.1) is 0 Å². The number of carbonyl (C=O) groups is 1. The van der Waals surface area contributed by atoms with Gasteiger partial charge in [0.15, 0.2) is 17.9 Å². The normalized spacial score (nSPS) is 16.2. The van der Waals surface area contributed by atoms with Crippen LogP contribution in [0, 0.1) is 0 Å². The maximum absolute atomic E-state index is 12.9. The molecule has 1 aromatic carbocycles. The lowest BCUT2D eigenvalue weighted by Crippen LogP contribution is -2.29. The summed E-state index contributed by atoms with van der Waals surface area (Å²) < 4.78 is 10.8. The van der Waals surface area contributed by atoms with E-state index in [1.54, 1.807) is 23.2 Å². The van der Waals surface area contributed by atoms with E-state index in [1.165, 1.54) is 12.7 Å². The van der Waals surface area contributed by atoms with E-state index in [-0.39, 0.29) is 11.9 Å². The molecule has 4 rings (SSSR count). The Morgan fingerprint density at radius 1 is 1.29 bits per heavy atom. The Hall–Kier alpha value is -3.02. The number of rotatable bonds is 3. The lowest BCUT2D eigenvalue weighted by Gasteiger charge is -2.22. The number of fused-ring (bicyclic) bond motifs is 1. The van der Waals surface area contributed by atoms with E-state index in [0.29, 0.717) is 18.1 Å². The summed E-state index contributed by atoms with van der Waals surface area (Å²) in [6, 6.07) is 9.29. The maximum Gasteiger partial charge on any atom is 0.290 e. The summed E-state index contributed by atoms with van der Waals surface area (Å²) in [5, 5.41) is 0. The van der Waals surface area contributed by atoms with Gasteiger partial charge in [-0.05, 0) is 35.4 Å². The fourth-order valence-corrected chi connectivity index (χ4v) is 3.12. The van der Waals surface area contributed by atoms with E-state index >= 15 is 0 Å². The molecule has 0 saturated carbocycles. The highest BCUT2D eigenvalue weighted by Crippen LogP contribution is 2.40. The largest absolute Gasteiger partial charge is 0.459 e. The molecule has 0 bridgehead atoms. The number of aromatic nitrogens is 1.